The Kier molecular flexibility index (Phi) is 13.0. The van der Waals surface area contributed by atoms with E-state index < -0.39 is 46.1 Å². The third-order valence-corrected chi connectivity index (χ3v) is 15.7. The first-order valence-electron chi connectivity index (χ1n) is 19.2. The number of carbonyl (C=O) groups is 2. The Labute approximate surface area is 309 Å². The van der Waals surface area contributed by atoms with Gasteiger partial charge in [-0.2, -0.15) is 0 Å². The number of carbonyl (C=O) groups excluding carboxylic acids is 2. The molecule has 51 heavy (non-hydrogen) atoms. The number of aliphatic hydroxyl groups excluding tert-OH is 4. The van der Waals surface area contributed by atoms with Crippen LogP contribution in [0.3, 0.4) is 0 Å². The number of hydrogen-bond acceptors (Lipinski definition) is 8. The van der Waals surface area contributed by atoms with Crippen molar-refractivity contribution in [3.8, 4) is 0 Å². The number of fused-ring (bicyclic) bond motifs is 7. The van der Waals surface area contributed by atoms with Crippen LogP contribution in [0.1, 0.15) is 148 Å². The molecule has 5 aliphatic carbocycles. The molecule has 12 atom stereocenters. The van der Waals surface area contributed by atoms with E-state index in [9.17, 15) is 30.0 Å². The minimum atomic E-state index is -1.25. The van der Waals surface area contributed by atoms with Crippen LogP contribution < -0.4 is 0 Å². The molecule has 0 saturated heterocycles. The fourth-order valence-corrected chi connectivity index (χ4v) is 12.1. The van der Waals surface area contributed by atoms with Gasteiger partial charge in [0.25, 0.3) is 0 Å². The predicted octanol–water partition coefficient (Wildman–Crippen LogP) is 7.95. The molecule has 4 saturated carbocycles. The Balaban J connectivity index is 0.00000351. The van der Waals surface area contributed by atoms with Crippen molar-refractivity contribution < 1.29 is 39.5 Å². The van der Waals surface area contributed by atoms with Gasteiger partial charge >= 0.3 is 11.9 Å². The Morgan fingerprint density at radius 3 is 2.16 bits per heavy atom. The van der Waals surface area contributed by atoms with Crippen molar-refractivity contribution in [2.75, 3.05) is 13.2 Å². The highest BCUT2D eigenvalue weighted by Gasteiger charge is 2.72. The summed E-state index contributed by atoms with van der Waals surface area (Å²) in [4.78, 5) is 25.6. The summed E-state index contributed by atoms with van der Waals surface area (Å²) in [6, 6.07) is 0. The number of esters is 2. The number of hydrogen-bond donors (Lipinski definition) is 4. The van der Waals surface area contributed by atoms with Gasteiger partial charge in [-0.05, 0) is 105 Å². The van der Waals surface area contributed by atoms with Crippen LogP contribution in [0.5, 0.6) is 0 Å². The van der Waals surface area contributed by atoms with E-state index in [1.165, 1.54) is 5.57 Å². The third kappa shape index (κ3) is 6.58. The lowest BCUT2D eigenvalue weighted by atomic mass is 9.33. The first kappa shape index (κ1) is 43.7. The Morgan fingerprint density at radius 1 is 0.863 bits per heavy atom. The minimum Gasteiger partial charge on any atom is -0.465 e. The van der Waals surface area contributed by atoms with E-state index in [-0.39, 0.29) is 68.6 Å². The smallest absolute Gasteiger partial charge is 0.333 e. The summed E-state index contributed by atoms with van der Waals surface area (Å²) in [6.07, 6.45) is 8.30. The van der Waals surface area contributed by atoms with Crippen molar-refractivity contribution in [3.63, 3.8) is 0 Å². The molecule has 0 aromatic carbocycles. The molecule has 0 aromatic heterocycles. The maximum Gasteiger partial charge on any atom is 0.333 e. The quantitative estimate of drug-likeness (QED) is 0.0818. The van der Waals surface area contributed by atoms with Crippen LogP contribution >= 0.6 is 0 Å². The number of aliphatic hydroxyl groups is 4. The van der Waals surface area contributed by atoms with Crippen LogP contribution in [0.15, 0.2) is 23.3 Å². The molecule has 0 amide bonds. The number of allylic oxidation sites excluding steroid dienone is 3. The fourth-order valence-electron chi connectivity index (χ4n) is 12.1. The van der Waals surface area contributed by atoms with Gasteiger partial charge in [-0.3, -0.25) is 4.79 Å². The van der Waals surface area contributed by atoms with E-state index in [4.69, 9.17) is 9.47 Å². The van der Waals surface area contributed by atoms with Gasteiger partial charge in [-0.15, -0.1) is 0 Å². The third-order valence-electron chi connectivity index (χ3n) is 15.7. The van der Waals surface area contributed by atoms with Gasteiger partial charge in [0.1, 0.15) is 6.61 Å². The van der Waals surface area contributed by atoms with Crippen molar-refractivity contribution >= 4 is 11.9 Å². The largest absolute Gasteiger partial charge is 0.465 e. The standard InChI is InChI=1S/C41H66O8.2CH4/c1-10-12-13-14-32(44)48-24-41-27(21-36(4,5)33(45)34(41)46)26-15-16-29-37(6)19-18-30(42)38(7,23-49-35(47)25(3)11-2)28(37)17-20-39(29,8)40(26,9)22-31(41)43;;/h11,15,27-31,33-34,42-43,45-46H,10,12-14,16-24H2,1-9H3;2*1H4/b25-11+;;/t27?,28?,29?,30-,31+,33-,34-,37-,38+,39+,40+,41-;;/m0../s1. The first-order chi connectivity index (χ1) is 22.8. The summed E-state index contributed by atoms with van der Waals surface area (Å²) < 4.78 is 11.8. The van der Waals surface area contributed by atoms with Crippen LogP contribution in [-0.4, -0.2) is 70.0 Å². The zero-order valence-corrected chi connectivity index (χ0v) is 31.8. The van der Waals surface area contributed by atoms with Gasteiger partial charge in [0.15, 0.2) is 0 Å². The number of ether oxygens (including phenoxy) is 2. The molecule has 0 heterocycles. The second kappa shape index (κ2) is 15.2. The molecule has 0 aliphatic heterocycles. The SMILES string of the molecule is C.C.C/C=C(\C)C(=O)OC[C@]1(C)C2CC[C@]3(C)C(CC=C4C5CC(C)(C)[C@@H](O)[C@H](O)[C@]5(COC(=O)CCCCC)[C@H](O)C[C@]43C)[C@@]2(C)CC[C@@H]1O. The Bertz CT molecular complexity index is 1340. The molecule has 0 aromatic rings. The summed E-state index contributed by atoms with van der Waals surface area (Å²) in [6.45, 7) is 18.9. The maximum atomic E-state index is 12.9. The Morgan fingerprint density at radius 2 is 1.53 bits per heavy atom. The van der Waals surface area contributed by atoms with Gasteiger partial charge < -0.3 is 29.9 Å². The van der Waals surface area contributed by atoms with Gasteiger partial charge in [-0.25, -0.2) is 4.79 Å². The molecule has 8 nitrogen and oxygen atoms in total. The van der Waals surface area contributed by atoms with Gasteiger partial charge in [0, 0.05) is 17.4 Å². The summed E-state index contributed by atoms with van der Waals surface area (Å²) in [5.41, 5.74) is -1.33. The predicted molar refractivity (Wildman–Crippen MR) is 202 cm³/mol. The van der Waals surface area contributed by atoms with E-state index in [0.29, 0.717) is 31.3 Å². The van der Waals surface area contributed by atoms with Gasteiger partial charge in [0.05, 0.1) is 36.4 Å². The summed E-state index contributed by atoms with van der Waals surface area (Å²) in [5, 5.41) is 47.3. The second-order valence-electron chi connectivity index (χ2n) is 18.5. The molecule has 0 radical (unpaired) electrons. The lowest BCUT2D eigenvalue weighted by Gasteiger charge is -2.72. The number of unbranched alkanes of at least 4 members (excludes halogenated alkanes) is 2. The highest BCUT2D eigenvalue weighted by Crippen LogP contribution is 2.75. The normalized spacial score (nSPS) is 44.1. The van der Waals surface area contributed by atoms with Crippen LogP contribution in [0.2, 0.25) is 0 Å². The second-order valence-corrected chi connectivity index (χ2v) is 18.5. The maximum absolute atomic E-state index is 12.9. The van der Waals surface area contributed by atoms with Crippen molar-refractivity contribution in [2.24, 2.45) is 50.2 Å². The van der Waals surface area contributed by atoms with Gasteiger partial charge in [-0.1, -0.05) is 93.9 Å². The zero-order valence-electron chi connectivity index (χ0n) is 31.8. The first-order valence-corrected chi connectivity index (χ1v) is 19.2. The lowest BCUT2D eigenvalue weighted by molar-refractivity contribution is -0.261. The molecule has 5 rings (SSSR count). The molecule has 5 aliphatic rings. The number of rotatable bonds is 9. The molecule has 0 spiro atoms. The summed E-state index contributed by atoms with van der Waals surface area (Å²) >= 11 is 0. The van der Waals surface area contributed by atoms with E-state index >= 15 is 0 Å². The van der Waals surface area contributed by atoms with Crippen molar-refractivity contribution in [3.05, 3.63) is 23.3 Å². The highest BCUT2D eigenvalue weighted by atomic mass is 16.5. The highest BCUT2D eigenvalue weighted by molar-refractivity contribution is 5.87. The van der Waals surface area contributed by atoms with Crippen molar-refractivity contribution in [2.45, 2.75) is 172 Å². The minimum absolute atomic E-state index is 0. The molecule has 3 unspecified atom stereocenters. The topological polar surface area (TPSA) is 134 Å². The van der Waals surface area contributed by atoms with Crippen LogP contribution in [-0.2, 0) is 19.1 Å². The average Bonchev–Trinajstić information content (AvgIpc) is 3.04. The molecular formula is C43H74O8. The monoisotopic (exact) mass is 719 g/mol. The molecule has 0 bridgehead atoms. The van der Waals surface area contributed by atoms with E-state index in [0.717, 1.165) is 44.9 Å². The summed E-state index contributed by atoms with van der Waals surface area (Å²) in [5.74, 6) is -0.525. The summed E-state index contributed by atoms with van der Waals surface area (Å²) in [7, 11) is 0. The van der Waals surface area contributed by atoms with E-state index in [1.807, 2.05) is 20.8 Å². The van der Waals surface area contributed by atoms with Gasteiger partial charge in [0.2, 0.25) is 0 Å². The van der Waals surface area contributed by atoms with Crippen LogP contribution in [0.4, 0.5) is 0 Å². The van der Waals surface area contributed by atoms with E-state index in [1.54, 1.807) is 13.0 Å². The Hall–Kier alpha value is -1.74. The average molecular weight is 719 g/mol. The molecule has 294 valence electrons. The molecular weight excluding hydrogens is 644 g/mol. The molecule has 8 heteroatoms. The van der Waals surface area contributed by atoms with Crippen LogP contribution in [0, 0.1) is 50.2 Å². The van der Waals surface area contributed by atoms with Crippen LogP contribution in [0.25, 0.3) is 0 Å². The van der Waals surface area contributed by atoms with Crippen molar-refractivity contribution in [1.82, 2.24) is 0 Å². The lowest BCUT2D eigenvalue weighted by Crippen LogP contribution is -2.72. The fraction of sp³-hybridized carbons (Fsp3) is 0.860. The van der Waals surface area contributed by atoms with Crippen molar-refractivity contribution in [1.29, 1.82) is 0 Å². The van der Waals surface area contributed by atoms with E-state index in [2.05, 4.69) is 40.7 Å². The molecule has 4 N–H and O–H groups in total. The zero-order chi connectivity index (χ0) is 36.4. The molecule has 4 fully saturated rings.